The summed E-state index contributed by atoms with van der Waals surface area (Å²) in [6, 6.07) is -0.927. The lowest BCUT2D eigenvalue weighted by atomic mass is 10.0. The molecule has 0 saturated heterocycles. The fraction of sp³-hybridized carbons (Fsp3) is 0.800. The minimum atomic E-state index is -4.61. The minimum absolute atomic E-state index is 0.0156. The van der Waals surface area contributed by atoms with Gasteiger partial charge in [-0.25, -0.2) is 0 Å². The number of allylic oxidation sites excluding steroid dienone is 9. The standard InChI is InChI=1S/C55H103N2O6P/c1-6-8-10-12-14-16-18-20-21-22-23-24-25-26-27-28-29-30-31-32-33-34-35-37-38-40-42-44-46-48-54(58)53(52-63-64(60,61)62-51-50-57(3,4)5)56-55(59)49-47-45-43-41-39-36-19-17-15-13-11-9-7-2/h9,11,15,17,36,39,43,45-46,48,53-54,58H,6-8,10,12-14,16,18-35,37-38,40-42,44,47,49-52H2,1-5H3,(H-,56,59,60,61)/b11-9-,17-15-,39-36-,45-43-,48-46+. The smallest absolute Gasteiger partial charge is 0.268 e. The molecule has 8 nitrogen and oxygen atoms in total. The molecule has 0 spiro atoms. The highest BCUT2D eigenvalue weighted by Crippen LogP contribution is 2.38. The number of unbranched alkanes of at least 4 members (excludes halogenated alkanes) is 27. The van der Waals surface area contributed by atoms with Gasteiger partial charge in [0, 0.05) is 6.42 Å². The van der Waals surface area contributed by atoms with Crippen LogP contribution < -0.4 is 10.2 Å². The van der Waals surface area contributed by atoms with Crippen molar-refractivity contribution in [2.45, 2.75) is 244 Å². The Kier molecular flexibility index (Phi) is 45.0. The highest BCUT2D eigenvalue weighted by atomic mass is 31.2. The Balaban J connectivity index is 4.18. The SMILES string of the molecule is CC/C=C\C/C=C\C/C=C\C/C=C\CCC(=O)NC(COP(=O)([O-])OCC[N+](C)(C)C)C(O)/C=C/CCCCCCCCCCCCCCCCCCCCCCCCCCCCC. The van der Waals surface area contributed by atoms with E-state index in [2.05, 4.69) is 55.6 Å². The molecule has 0 aliphatic carbocycles. The van der Waals surface area contributed by atoms with E-state index >= 15 is 0 Å². The van der Waals surface area contributed by atoms with E-state index in [1.54, 1.807) is 6.08 Å². The Bertz CT molecular complexity index is 1230. The van der Waals surface area contributed by atoms with Gasteiger partial charge < -0.3 is 28.8 Å². The second-order valence-electron chi connectivity index (χ2n) is 19.2. The number of phosphoric acid groups is 1. The molecule has 0 aromatic rings. The van der Waals surface area contributed by atoms with Crippen LogP contribution in [0, 0.1) is 0 Å². The number of nitrogens with zero attached hydrogens (tertiary/aromatic N) is 1. The lowest BCUT2D eigenvalue weighted by molar-refractivity contribution is -0.870. The first-order valence-corrected chi connectivity index (χ1v) is 28.1. The second kappa shape index (κ2) is 46.3. The predicted octanol–water partition coefficient (Wildman–Crippen LogP) is 15.1. The third kappa shape index (κ3) is 48.1. The number of nitrogens with one attached hydrogen (secondary N) is 1. The lowest BCUT2D eigenvalue weighted by Gasteiger charge is -2.29. The van der Waals surface area contributed by atoms with E-state index in [9.17, 15) is 19.4 Å². The summed E-state index contributed by atoms with van der Waals surface area (Å²) in [6.45, 7) is 4.48. The minimum Gasteiger partial charge on any atom is -0.756 e. The molecule has 374 valence electrons. The predicted molar refractivity (Wildman–Crippen MR) is 274 cm³/mol. The van der Waals surface area contributed by atoms with Gasteiger partial charge in [0.15, 0.2) is 0 Å². The molecule has 0 fully saturated rings. The average molecular weight is 919 g/mol. The summed E-state index contributed by atoms with van der Waals surface area (Å²) >= 11 is 0. The zero-order valence-corrected chi connectivity index (χ0v) is 43.4. The first-order chi connectivity index (χ1) is 31.0. The van der Waals surface area contributed by atoms with E-state index in [1.165, 1.54) is 161 Å². The molecule has 3 atom stereocenters. The molecule has 0 bridgehead atoms. The quantitative estimate of drug-likeness (QED) is 0.0272. The van der Waals surface area contributed by atoms with E-state index in [-0.39, 0.29) is 18.9 Å². The van der Waals surface area contributed by atoms with E-state index in [0.29, 0.717) is 17.4 Å². The van der Waals surface area contributed by atoms with E-state index < -0.39 is 26.6 Å². The molecular weight excluding hydrogens is 816 g/mol. The normalized spacial score (nSPS) is 14.5. The van der Waals surface area contributed by atoms with Crippen molar-refractivity contribution in [2.24, 2.45) is 0 Å². The van der Waals surface area contributed by atoms with Crippen molar-refractivity contribution in [3.8, 4) is 0 Å². The number of rotatable bonds is 48. The largest absolute Gasteiger partial charge is 0.756 e. The average Bonchev–Trinajstić information content (AvgIpc) is 3.25. The Morgan fingerprint density at radius 2 is 0.953 bits per heavy atom. The Hall–Kier alpha value is -1.80. The van der Waals surface area contributed by atoms with Crippen molar-refractivity contribution >= 4 is 13.7 Å². The molecule has 0 radical (unpaired) electrons. The third-order valence-electron chi connectivity index (χ3n) is 11.7. The topological polar surface area (TPSA) is 108 Å². The number of hydrogen-bond donors (Lipinski definition) is 2. The van der Waals surface area contributed by atoms with E-state index in [0.717, 1.165) is 44.9 Å². The molecule has 2 N–H and O–H groups in total. The fourth-order valence-electron chi connectivity index (χ4n) is 7.58. The summed E-state index contributed by atoms with van der Waals surface area (Å²) in [5, 5.41) is 13.8. The number of amides is 1. The van der Waals surface area contributed by atoms with Crippen LogP contribution in [0.2, 0.25) is 0 Å². The molecule has 0 heterocycles. The zero-order chi connectivity index (χ0) is 47.1. The van der Waals surface area contributed by atoms with E-state index in [1.807, 2.05) is 39.4 Å². The first-order valence-electron chi connectivity index (χ1n) is 26.7. The van der Waals surface area contributed by atoms with Crippen LogP contribution in [-0.2, 0) is 18.4 Å². The van der Waals surface area contributed by atoms with Crippen LogP contribution in [0.5, 0.6) is 0 Å². The molecule has 0 aromatic carbocycles. The van der Waals surface area contributed by atoms with Gasteiger partial charge in [-0.1, -0.05) is 242 Å². The second-order valence-corrected chi connectivity index (χ2v) is 20.6. The van der Waals surface area contributed by atoms with Gasteiger partial charge in [0.1, 0.15) is 13.2 Å². The molecule has 0 rings (SSSR count). The number of carbonyl (C=O) groups excluding carboxylic acids is 1. The molecule has 1 amide bonds. The highest BCUT2D eigenvalue weighted by Gasteiger charge is 2.23. The van der Waals surface area contributed by atoms with Crippen molar-refractivity contribution in [1.82, 2.24) is 5.32 Å². The number of likely N-dealkylation sites (N-methyl/N-ethyl adjacent to an activating group) is 1. The lowest BCUT2D eigenvalue weighted by Crippen LogP contribution is -2.45. The summed E-state index contributed by atoms with van der Waals surface area (Å²) in [4.78, 5) is 25.3. The van der Waals surface area contributed by atoms with Crippen LogP contribution in [0.4, 0.5) is 0 Å². The summed E-state index contributed by atoms with van der Waals surface area (Å²) in [6.07, 6.45) is 61.9. The zero-order valence-electron chi connectivity index (χ0n) is 42.5. The van der Waals surface area contributed by atoms with Gasteiger partial charge in [-0.2, -0.15) is 0 Å². The maximum Gasteiger partial charge on any atom is 0.268 e. The Labute approximate surface area is 396 Å². The number of phosphoric ester groups is 1. The van der Waals surface area contributed by atoms with Gasteiger partial charge >= 0.3 is 0 Å². The van der Waals surface area contributed by atoms with Crippen LogP contribution in [0.15, 0.2) is 60.8 Å². The monoisotopic (exact) mass is 919 g/mol. The van der Waals surface area contributed by atoms with Gasteiger partial charge in [-0.3, -0.25) is 9.36 Å². The van der Waals surface area contributed by atoms with Crippen LogP contribution in [0.1, 0.15) is 232 Å². The van der Waals surface area contributed by atoms with Gasteiger partial charge in [0.25, 0.3) is 7.82 Å². The van der Waals surface area contributed by atoms with Gasteiger partial charge in [0.05, 0.1) is 39.9 Å². The third-order valence-corrected chi connectivity index (χ3v) is 12.7. The maximum absolute atomic E-state index is 12.8. The van der Waals surface area contributed by atoms with Crippen LogP contribution >= 0.6 is 7.82 Å². The van der Waals surface area contributed by atoms with Gasteiger partial charge in [-0.05, 0) is 44.9 Å². The molecule has 64 heavy (non-hydrogen) atoms. The number of aliphatic hydroxyl groups is 1. The highest BCUT2D eigenvalue weighted by molar-refractivity contribution is 7.45. The number of quaternary nitrogens is 1. The van der Waals surface area contributed by atoms with Crippen LogP contribution in [0.3, 0.4) is 0 Å². The first kappa shape index (κ1) is 62.2. The van der Waals surface area contributed by atoms with Crippen LogP contribution in [-0.4, -0.2) is 68.5 Å². The van der Waals surface area contributed by atoms with Crippen molar-refractivity contribution in [1.29, 1.82) is 0 Å². The molecular formula is C55H103N2O6P. The van der Waals surface area contributed by atoms with Crippen molar-refractivity contribution in [2.75, 3.05) is 40.9 Å². The summed E-state index contributed by atoms with van der Waals surface area (Å²) in [5.41, 5.74) is 0. The van der Waals surface area contributed by atoms with Crippen molar-refractivity contribution in [3.63, 3.8) is 0 Å². The van der Waals surface area contributed by atoms with Gasteiger partial charge in [0.2, 0.25) is 5.91 Å². The van der Waals surface area contributed by atoms with Crippen molar-refractivity contribution < 1.29 is 32.9 Å². The summed E-state index contributed by atoms with van der Waals surface area (Å²) in [7, 11) is 1.21. The van der Waals surface area contributed by atoms with Crippen LogP contribution in [0.25, 0.3) is 0 Å². The Morgan fingerprint density at radius 3 is 1.36 bits per heavy atom. The Morgan fingerprint density at radius 1 is 0.562 bits per heavy atom. The van der Waals surface area contributed by atoms with E-state index in [4.69, 9.17) is 9.05 Å². The molecule has 9 heteroatoms. The fourth-order valence-corrected chi connectivity index (χ4v) is 8.30. The maximum atomic E-state index is 12.8. The molecule has 3 unspecified atom stereocenters. The number of carbonyl (C=O) groups is 1. The number of aliphatic hydroxyl groups excluding tert-OH is 1. The van der Waals surface area contributed by atoms with Gasteiger partial charge in [-0.15, -0.1) is 0 Å². The summed E-state index contributed by atoms with van der Waals surface area (Å²) < 4.78 is 23.2. The summed E-state index contributed by atoms with van der Waals surface area (Å²) in [5.74, 6) is -0.277. The number of hydrogen-bond acceptors (Lipinski definition) is 6. The molecule has 0 aromatic heterocycles. The molecule has 0 aliphatic rings. The molecule has 0 aliphatic heterocycles. The molecule has 0 saturated carbocycles. The van der Waals surface area contributed by atoms with Crippen molar-refractivity contribution in [3.05, 3.63) is 60.8 Å².